The van der Waals surface area contributed by atoms with Gasteiger partial charge in [0.15, 0.2) is 5.65 Å². The van der Waals surface area contributed by atoms with Crippen molar-refractivity contribution in [3.8, 4) is 0 Å². The van der Waals surface area contributed by atoms with E-state index in [9.17, 15) is 0 Å². The van der Waals surface area contributed by atoms with Crippen LogP contribution in [0, 0.1) is 0 Å². The summed E-state index contributed by atoms with van der Waals surface area (Å²) in [7, 11) is 0. The molecule has 0 aromatic carbocycles. The number of hydrogen-bond acceptors (Lipinski definition) is 3. The molecule has 102 valence electrons. The molecule has 0 radical (unpaired) electrons. The highest BCUT2D eigenvalue weighted by molar-refractivity contribution is 6.20. The molecule has 2 aromatic rings. The van der Waals surface area contributed by atoms with Crippen molar-refractivity contribution in [1.82, 2.24) is 14.5 Å². The second kappa shape index (κ2) is 4.46. The summed E-state index contributed by atoms with van der Waals surface area (Å²) in [5, 5.41) is -0.154. The van der Waals surface area contributed by atoms with Crippen LogP contribution in [-0.2, 0) is 10.3 Å². The highest BCUT2D eigenvalue weighted by atomic mass is 35.5. The minimum atomic E-state index is -0.154. The van der Waals surface area contributed by atoms with Gasteiger partial charge in [-0.2, -0.15) is 0 Å². The minimum Gasteiger partial charge on any atom is -0.376 e. The van der Waals surface area contributed by atoms with Gasteiger partial charge in [0.25, 0.3) is 0 Å². The number of nitrogens with zero attached hydrogens (tertiary/aromatic N) is 3. The number of pyridine rings is 1. The number of ether oxygens (including phenoxy) is 1. The lowest BCUT2D eigenvalue weighted by molar-refractivity contribution is 0.0761. The Kier molecular flexibility index (Phi) is 3.02. The highest BCUT2D eigenvalue weighted by Crippen LogP contribution is 2.38. The molecular weight excluding hydrogens is 262 g/mol. The summed E-state index contributed by atoms with van der Waals surface area (Å²) in [5.74, 6) is 0.871. The molecule has 1 saturated heterocycles. The number of halogens is 1. The van der Waals surface area contributed by atoms with E-state index in [1.54, 1.807) is 6.20 Å². The monoisotopic (exact) mass is 279 g/mol. The van der Waals surface area contributed by atoms with Gasteiger partial charge in [-0.15, -0.1) is 11.6 Å². The third-order valence-electron chi connectivity index (χ3n) is 4.16. The Hall–Kier alpha value is -1.13. The van der Waals surface area contributed by atoms with Crippen LogP contribution in [0.25, 0.3) is 11.2 Å². The topological polar surface area (TPSA) is 39.9 Å². The molecule has 4 nitrogen and oxygen atoms in total. The van der Waals surface area contributed by atoms with Crippen LogP contribution in [0.3, 0.4) is 0 Å². The Bertz CT molecular complexity index is 610. The second-order valence-electron chi connectivity index (χ2n) is 5.39. The molecule has 2 aromatic heterocycles. The fourth-order valence-electron chi connectivity index (χ4n) is 2.82. The molecule has 1 aliphatic heterocycles. The first-order valence-electron chi connectivity index (χ1n) is 6.63. The highest BCUT2D eigenvalue weighted by Gasteiger charge is 2.42. The Morgan fingerprint density at radius 1 is 1.58 bits per heavy atom. The van der Waals surface area contributed by atoms with Crippen LogP contribution in [0.15, 0.2) is 18.3 Å². The minimum absolute atomic E-state index is 0.126. The van der Waals surface area contributed by atoms with Crippen LogP contribution < -0.4 is 0 Å². The summed E-state index contributed by atoms with van der Waals surface area (Å²) >= 11 is 6.32. The lowest BCUT2D eigenvalue weighted by atomic mass is 9.94. The molecule has 3 atom stereocenters. The molecule has 3 rings (SSSR count). The van der Waals surface area contributed by atoms with Crippen molar-refractivity contribution in [3.63, 3.8) is 0 Å². The van der Waals surface area contributed by atoms with Gasteiger partial charge in [-0.25, -0.2) is 9.97 Å². The lowest BCUT2D eigenvalue weighted by Crippen LogP contribution is -2.38. The van der Waals surface area contributed by atoms with Crippen molar-refractivity contribution in [3.05, 3.63) is 24.2 Å². The molecule has 1 aliphatic rings. The molecule has 0 bridgehead atoms. The van der Waals surface area contributed by atoms with Crippen molar-refractivity contribution < 1.29 is 4.74 Å². The van der Waals surface area contributed by atoms with Crippen LogP contribution in [-0.4, -0.2) is 27.2 Å². The van der Waals surface area contributed by atoms with Crippen molar-refractivity contribution in [1.29, 1.82) is 0 Å². The smallest absolute Gasteiger partial charge is 0.160 e. The Morgan fingerprint density at radius 3 is 3.00 bits per heavy atom. The first-order valence-corrected chi connectivity index (χ1v) is 7.07. The van der Waals surface area contributed by atoms with E-state index in [2.05, 4.69) is 28.4 Å². The third-order valence-corrected chi connectivity index (χ3v) is 4.36. The average Bonchev–Trinajstić information content (AvgIpc) is 2.92. The predicted molar refractivity (Wildman–Crippen MR) is 75.5 cm³/mol. The van der Waals surface area contributed by atoms with Crippen LogP contribution in [0.5, 0.6) is 0 Å². The molecule has 1 fully saturated rings. The second-order valence-corrected chi connectivity index (χ2v) is 6.04. The van der Waals surface area contributed by atoms with Crippen LogP contribution in [0.4, 0.5) is 0 Å². The van der Waals surface area contributed by atoms with E-state index in [0.717, 1.165) is 30.0 Å². The molecule has 3 unspecified atom stereocenters. The molecule has 0 N–H and O–H groups in total. The van der Waals surface area contributed by atoms with E-state index in [-0.39, 0.29) is 17.0 Å². The van der Waals surface area contributed by atoms with E-state index >= 15 is 0 Å². The molecule has 0 aliphatic carbocycles. The van der Waals surface area contributed by atoms with Crippen molar-refractivity contribution in [2.45, 2.75) is 44.2 Å². The van der Waals surface area contributed by atoms with Crippen LogP contribution >= 0.6 is 11.6 Å². The van der Waals surface area contributed by atoms with Gasteiger partial charge in [-0.05, 0) is 39.3 Å². The molecule has 0 saturated carbocycles. The number of rotatable bonds is 2. The zero-order chi connectivity index (χ0) is 13.6. The molecule has 3 heterocycles. The normalized spacial score (nSPS) is 28.9. The number of alkyl halides is 1. The van der Waals surface area contributed by atoms with Gasteiger partial charge >= 0.3 is 0 Å². The molecule has 0 spiro atoms. The van der Waals surface area contributed by atoms with Crippen molar-refractivity contribution in [2.24, 2.45) is 0 Å². The largest absolute Gasteiger partial charge is 0.376 e. The predicted octanol–water partition coefficient (Wildman–Crippen LogP) is 3.26. The van der Waals surface area contributed by atoms with Gasteiger partial charge in [-0.1, -0.05) is 0 Å². The van der Waals surface area contributed by atoms with E-state index in [4.69, 9.17) is 16.3 Å². The van der Waals surface area contributed by atoms with Crippen molar-refractivity contribution >= 4 is 22.8 Å². The number of aromatic nitrogens is 3. The Morgan fingerprint density at radius 2 is 2.37 bits per heavy atom. The van der Waals surface area contributed by atoms with E-state index in [0.29, 0.717) is 0 Å². The average molecular weight is 280 g/mol. The van der Waals surface area contributed by atoms with E-state index < -0.39 is 0 Å². The Balaban J connectivity index is 2.29. The SMILES string of the molecule is CC(Cl)c1nc2cccnc2n1C1(C)CCOC1C. The number of imidazole rings is 1. The summed E-state index contributed by atoms with van der Waals surface area (Å²) in [5.41, 5.74) is 1.65. The maximum absolute atomic E-state index is 6.32. The maximum atomic E-state index is 6.32. The van der Waals surface area contributed by atoms with E-state index in [1.165, 1.54) is 0 Å². The van der Waals surface area contributed by atoms with Gasteiger partial charge in [0.1, 0.15) is 11.3 Å². The first kappa shape index (κ1) is 12.9. The van der Waals surface area contributed by atoms with Gasteiger partial charge < -0.3 is 9.30 Å². The van der Waals surface area contributed by atoms with Gasteiger partial charge in [0, 0.05) is 12.8 Å². The van der Waals surface area contributed by atoms with Gasteiger partial charge in [0.05, 0.1) is 17.0 Å². The fraction of sp³-hybridized carbons (Fsp3) is 0.571. The van der Waals surface area contributed by atoms with Gasteiger partial charge in [-0.3, -0.25) is 0 Å². The molecule has 0 amide bonds. The number of hydrogen-bond donors (Lipinski definition) is 0. The quantitative estimate of drug-likeness (QED) is 0.792. The molecule has 5 heteroatoms. The van der Waals surface area contributed by atoms with E-state index in [1.807, 2.05) is 19.1 Å². The van der Waals surface area contributed by atoms with Gasteiger partial charge in [0.2, 0.25) is 0 Å². The molecule has 19 heavy (non-hydrogen) atoms. The van der Waals surface area contributed by atoms with Crippen LogP contribution in [0.1, 0.15) is 38.4 Å². The summed E-state index contributed by atoms with van der Waals surface area (Å²) < 4.78 is 7.93. The fourth-order valence-corrected chi connectivity index (χ4v) is 2.97. The van der Waals surface area contributed by atoms with Crippen molar-refractivity contribution in [2.75, 3.05) is 6.61 Å². The summed E-state index contributed by atoms with van der Waals surface area (Å²) in [4.78, 5) is 9.14. The number of fused-ring (bicyclic) bond motifs is 1. The summed E-state index contributed by atoms with van der Waals surface area (Å²) in [6, 6.07) is 3.88. The standard InChI is InChI=1S/C14H18ClN3O/c1-9(15)12-17-11-5-4-7-16-13(11)18(12)14(3)6-8-19-10(14)2/h4-5,7,9-10H,6,8H2,1-3H3. The zero-order valence-electron chi connectivity index (χ0n) is 11.4. The third kappa shape index (κ3) is 1.85. The first-order chi connectivity index (χ1) is 9.04. The van der Waals surface area contributed by atoms with Crippen LogP contribution in [0.2, 0.25) is 0 Å². The Labute approximate surface area is 117 Å². The summed E-state index contributed by atoms with van der Waals surface area (Å²) in [6.07, 6.45) is 2.88. The maximum Gasteiger partial charge on any atom is 0.160 e. The lowest BCUT2D eigenvalue weighted by Gasteiger charge is -2.31. The summed E-state index contributed by atoms with van der Waals surface area (Å²) in [6.45, 7) is 7.01. The zero-order valence-corrected chi connectivity index (χ0v) is 12.2. The molecular formula is C14H18ClN3O.